The van der Waals surface area contributed by atoms with Crippen LogP contribution in [0.1, 0.15) is 11.3 Å². The summed E-state index contributed by atoms with van der Waals surface area (Å²) in [6, 6.07) is 6.04. The highest BCUT2D eigenvalue weighted by molar-refractivity contribution is 5.53. The van der Waals surface area contributed by atoms with Gasteiger partial charge in [-0.05, 0) is 31.2 Å². The lowest BCUT2D eigenvalue weighted by molar-refractivity contribution is 0.628. The van der Waals surface area contributed by atoms with Gasteiger partial charge in [0.15, 0.2) is 0 Å². The Hall–Kier alpha value is -2.21. The van der Waals surface area contributed by atoms with Gasteiger partial charge in [-0.2, -0.15) is 0 Å². The smallest absolute Gasteiger partial charge is 0.255 e. The van der Waals surface area contributed by atoms with Crippen molar-refractivity contribution < 1.29 is 4.39 Å². The lowest BCUT2D eigenvalue weighted by atomic mass is 10.1. The van der Waals surface area contributed by atoms with Gasteiger partial charge >= 0.3 is 0 Å². The van der Waals surface area contributed by atoms with Crippen LogP contribution in [-0.4, -0.2) is 23.1 Å². The van der Waals surface area contributed by atoms with E-state index in [-0.39, 0.29) is 11.4 Å². The molecule has 0 radical (unpaired) electrons. The molecule has 0 aliphatic carbocycles. The SMILES string of the molecule is O=c1[nH]c(Nc2cccc(F)c2)nc2c1CCNCC2. The van der Waals surface area contributed by atoms with E-state index in [0.29, 0.717) is 18.1 Å². The molecule has 1 aliphatic heterocycles. The number of nitrogens with one attached hydrogen (secondary N) is 3. The van der Waals surface area contributed by atoms with Crippen LogP contribution in [0.15, 0.2) is 29.1 Å². The maximum atomic E-state index is 13.1. The molecule has 0 saturated heterocycles. The lowest BCUT2D eigenvalue weighted by Gasteiger charge is -2.09. The van der Waals surface area contributed by atoms with Crippen LogP contribution in [0.4, 0.5) is 16.0 Å². The maximum absolute atomic E-state index is 13.1. The van der Waals surface area contributed by atoms with Gasteiger partial charge in [-0.25, -0.2) is 9.37 Å². The van der Waals surface area contributed by atoms with Gasteiger partial charge in [-0.1, -0.05) is 6.07 Å². The summed E-state index contributed by atoms with van der Waals surface area (Å²) < 4.78 is 13.1. The summed E-state index contributed by atoms with van der Waals surface area (Å²) in [5, 5.41) is 6.16. The fourth-order valence-corrected chi connectivity index (χ4v) is 2.32. The summed E-state index contributed by atoms with van der Waals surface area (Å²) in [4.78, 5) is 19.2. The topological polar surface area (TPSA) is 69.8 Å². The van der Waals surface area contributed by atoms with Crippen LogP contribution in [-0.2, 0) is 12.8 Å². The summed E-state index contributed by atoms with van der Waals surface area (Å²) in [6.07, 6.45) is 1.40. The lowest BCUT2D eigenvalue weighted by Crippen LogP contribution is -2.20. The highest BCUT2D eigenvalue weighted by Gasteiger charge is 2.14. The van der Waals surface area contributed by atoms with Crippen LogP contribution in [0.2, 0.25) is 0 Å². The number of hydrogen-bond donors (Lipinski definition) is 3. The molecule has 1 aromatic carbocycles. The number of benzene rings is 1. The molecular formula is C14H15FN4O. The largest absolute Gasteiger partial charge is 0.326 e. The number of hydrogen-bond acceptors (Lipinski definition) is 4. The molecule has 0 fully saturated rings. The molecule has 0 atom stereocenters. The second-order valence-electron chi connectivity index (χ2n) is 4.73. The van der Waals surface area contributed by atoms with E-state index in [4.69, 9.17) is 0 Å². The van der Waals surface area contributed by atoms with Gasteiger partial charge in [0, 0.05) is 24.2 Å². The van der Waals surface area contributed by atoms with Gasteiger partial charge in [-0.15, -0.1) is 0 Å². The summed E-state index contributed by atoms with van der Waals surface area (Å²) in [6.45, 7) is 1.59. The molecule has 0 unspecified atom stereocenters. The molecule has 5 nitrogen and oxygen atoms in total. The second kappa shape index (κ2) is 5.42. The van der Waals surface area contributed by atoms with E-state index in [2.05, 4.69) is 20.6 Å². The Balaban J connectivity index is 1.93. The van der Waals surface area contributed by atoms with Crippen molar-refractivity contribution in [1.82, 2.24) is 15.3 Å². The molecule has 1 aliphatic rings. The van der Waals surface area contributed by atoms with Gasteiger partial charge in [0.25, 0.3) is 5.56 Å². The van der Waals surface area contributed by atoms with Crippen molar-refractivity contribution >= 4 is 11.6 Å². The summed E-state index contributed by atoms with van der Waals surface area (Å²) >= 11 is 0. The molecule has 0 amide bonds. The molecule has 104 valence electrons. The van der Waals surface area contributed by atoms with E-state index in [1.54, 1.807) is 12.1 Å². The number of nitrogens with zero attached hydrogens (tertiary/aromatic N) is 1. The number of aromatic amines is 1. The van der Waals surface area contributed by atoms with Crippen LogP contribution in [0.3, 0.4) is 0 Å². The first kappa shape index (κ1) is 12.8. The van der Waals surface area contributed by atoms with Crippen molar-refractivity contribution in [3.05, 3.63) is 51.7 Å². The van der Waals surface area contributed by atoms with Crippen LogP contribution in [0.25, 0.3) is 0 Å². The number of halogens is 1. The van der Waals surface area contributed by atoms with E-state index in [1.807, 2.05) is 0 Å². The Morgan fingerprint density at radius 3 is 2.95 bits per heavy atom. The summed E-state index contributed by atoms with van der Waals surface area (Å²) in [5.41, 5.74) is 1.97. The Morgan fingerprint density at radius 1 is 1.25 bits per heavy atom. The van der Waals surface area contributed by atoms with E-state index >= 15 is 0 Å². The average Bonchev–Trinajstić information content (AvgIpc) is 2.64. The van der Waals surface area contributed by atoms with E-state index < -0.39 is 0 Å². The molecule has 3 rings (SSSR count). The zero-order valence-corrected chi connectivity index (χ0v) is 10.9. The third-order valence-electron chi connectivity index (χ3n) is 3.28. The highest BCUT2D eigenvalue weighted by Crippen LogP contribution is 2.15. The molecule has 2 heterocycles. The normalized spacial score (nSPS) is 14.4. The zero-order valence-electron chi connectivity index (χ0n) is 10.9. The molecule has 3 N–H and O–H groups in total. The van der Waals surface area contributed by atoms with Crippen molar-refractivity contribution in [3.8, 4) is 0 Å². The number of anilines is 2. The summed E-state index contributed by atoms with van der Waals surface area (Å²) in [5.74, 6) is 0.0116. The van der Waals surface area contributed by atoms with Crippen molar-refractivity contribution in [2.45, 2.75) is 12.8 Å². The molecule has 0 bridgehead atoms. The first-order valence-electron chi connectivity index (χ1n) is 6.58. The predicted molar refractivity (Wildman–Crippen MR) is 74.8 cm³/mol. The van der Waals surface area contributed by atoms with Crippen molar-refractivity contribution in [1.29, 1.82) is 0 Å². The van der Waals surface area contributed by atoms with Gasteiger partial charge in [0.1, 0.15) is 5.82 Å². The minimum atomic E-state index is -0.337. The van der Waals surface area contributed by atoms with Gasteiger partial charge < -0.3 is 10.6 Å². The summed E-state index contributed by atoms with van der Waals surface area (Å²) in [7, 11) is 0. The zero-order chi connectivity index (χ0) is 13.9. The van der Waals surface area contributed by atoms with Crippen LogP contribution in [0.5, 0.6) is 0 Å². The number of rotatable bonds is 2. The minimum Gasteiger partial charge on any atom is -0.326 e. The molecular weight excluding hydrogens is 259 g/mol. The van der Waals surface area contributed by atoms with Gasteiger partial charge in [0.2, 0.25) is 5.95 Å². The number of H-pyrrole nitrogens is 1. The van der Waals surface area contributed by atoms with Crippen molar-refractivity contribution in [2.24, 2.45) is 0 Å². The van der Waals surface area contributed by atoms with Crippen molar-refractivity contribution in [3.63, 3.8) is 0 Å². The standard InChI is InChI=1S/C14H15FN4O/c15-9-2-1-3-10(8-9)17-14-18-12-5-7-16-6-4-11(12)13(20)19-14/h1-3,8,16H,4-7H2,(H2,17,18,19,20). The van der Waals surface area contributed by atoms with Crippen LogP contribution >= 0.6 is 0 Å². The Bertz CT molecular complexity index is 683. The highest BCUT2D eigenvalue weighted by atomic mass is 19.1. The average molecular weight is 274 g/mol. The predicted octanol–water partition coefficient (Wildman–Crippen LogP) is 1.34. The number of aromatic nitrogens is 2. The second-order valence-corrected chi connectivity index (χ2v) is 4.73. The van der Waals surface area contributed by atoms with Crippen molar-refractivity contribution in [2.75, 3.05) is 18.4 Å². The minimum absolute atomic E-state index is 0.127. The van der Waals surface area contributed by atoms with E-state index in [0.717, 1.165) is 30.8 Å². The Morgan fingerprint density at radius 2 is 2.10 bits per heavy atom. The first-order valence-corrected chi connectivity index (χ1v) is 6.58. The fraction of sp³-hybridized carbons (Fsp3) is 0.286. The van der Waals surface area contributed by atoms with E-state index in [9.17, 15) is 9.18 Å². The molecule has 0 spiro atoms. The number of fused-ring (bicyclic) bond motifs is 1. The third-order valence-corrected chi connectivity index (χ3v) is 3.28. The maximum Gasteiger partial charge on any atom is 0.255 e. The molecule has 0 saturated carbocycles. The van der Waals surface area contributed by atoms with Crippen LogP contribution < -0.4 is 16.2 Å². The van der Waals surface area contributed by atoms with Gasteiger partial charge in [0.05, 0.1) is 5.69 Å². The fourth-order valence-electron chi connectivity index (χ4n) is 2.32. The molecule has 20 heavy (non-hydrogen) atoms. The monoisotopic (exact) mass is 274 g/mol. The van der Waals surface area contributed by atoms with Gasteiger partial charge in [-0.3, -0.25) is 9.78 Å². The Labute approximate surface area is 115 Å². The third kappa shape index (κ3) is 2.70. The Kier molecular flexibility index (Phi) is 3.47. The van der Waals surface area contributed by atoms with E-state index in [1.165, 1.54) is 12.1 Å². The molecule has 1 aromatic heterocycles. The first-order chi connectivity index (χ1) is 9.72. The quantitative estimate of drug-likeness (QED) is 0.773. The molecule has 2 aromatic rings. The van der Waals surface area contributed by atoms with Crippen LogP contribution in [0, 0.1) is 5.82 Å². The molecule has 6 heteroatoms.